The third-order valence-electron chi connectivity index (χ3n) is 1.22. The highest BCUT2D eigenvalue weighted by atomic mass is 19.3. The molecule has 3 nitrogen and oxygen atoms in total. The van der Waals surface area contributed by atoms with Crippen LogP contribution < -0.4 is 0 Å². The van der Waals surface area contributed by atoms with E-state index in [-0.39, 0.29) is 0 Å². The van der Waals surface area contributed by atoms with E-state index in [2.05, 4.69) is 0 Å². The van der Waals surface area contributed by atoms with Gasteiger partial charge in [0.05, 0.1) is 6.54 Å². The average molecular weight is 161 g/mol. The molecule has 5 heteroatoms. The molecule has 1 heterocycles. The van der Waals surface area contributed by atoms with Gasteiger partial charge in [0.15, 0.2) is 0 Å². The van der Waals surface area contributed by atoms with Crippen molar-refractivity contribution >= 4 is 11.8 Å². The largest absolute Gasteiger partial charge is 0.270 e. The SMILES string of the molecule is O=C1C=CC(=O)N1CC(F)F. The topological polar surface area (TPSA) is 37.4 Å². The number of amides is 2. The maximum Gasteiger partial charge on any atom is 0.256 e. The Kier molecular flexibility index (Phi) is 1.98. The molecule has 60 valence electrons. The molecule has 0 spiro atoms. The van der Waals surface area contributed by atoms with Gasteiger partial charge in [0.1, 0.15) is 0 Å². The lowest BCUT2D eigenvalue weighted by molar-refractivity contribution is -0.138. The van der Waals surface area contributed by atoms with Gasteiger partial charge in [-0.15, -0.1) is 0 Å². The van der Waals surface area contributed by atoms with Gasteiger partial charge in [-0.05, 0) is 0 Å². The second kappa shape index (κ2) is 2.77. The molecule has 11 heavy (non-hydrogen) atoms. The van der Waals surface area contributed by atoms with Crippen LogP contribution in [0.25, 0.3) is 0 Å². The smallest absolute Gasteiger partial charge is 0.256 e. The Labute approximate surface area is 61.3 Å². The van der Waals surface area contributed by atoms with E-state index in [1.54, 1.807) is 0 Å². The summed E-state index contributed by atoms with van der Waals surface area (Å²) in [5.41, 5.74) is 0. The highest BCUT2D eigenvalue weighted by Crippen LogP contribution is 2.06. The number of halogens is 2. The Balaban J connectivity index is 2.59. The Morgan fingerprint density at radius 2 is 1.73 bits per heavy atom. The molecular formula is C6H5F2NO2. The fourth-order valence-corrected chi connectivity index (χ4v) is 0.749. The summed E-state index contributed by atoms with van der Waals surface area (Å²) in [6.45, 7) is -0.815. The van der Waals surface area contributed by atoms with Crippen molar-refractivity contribution in [3.05, 3.63) is 12.2 Å². The predicted molar refractivity (Wildman–Crippen MR) is 31.9 cm³/mol. The highest BCUT2D eigenvalue weighted by molar-refractivity contribution is 6.12. The molecule has 0 saturated heterocycles. The van der Waals surface area contributed by atoms with Crippen molar-refractivity contribution < 1.29 is 18.4 Å². The van der Waals surface area contributed by atoms with Crippen LogP contribution in [-0.2, 0) is 9.59 Å². The number of alkyl halides is 2. The Hall–Kier alpha value is -1.26. The molecule has 0 aromatic heterocycles. The molecule has 2 amide bonds. The van der Waals surface area contributed by atoms with Crippen molar-refractivity contribution in [1.82, 2.24) is 4.90 Å². The molecule has 0 unspecified atom stereocenters. The Morgan fingerprint density at radius 1 is 1.27 bits per heavy atom. The van der Waals surface area contributed by atoms with Crippen molar-refractivity contribution in [2.45, 2.75) is 6.43 Å². The lowest BCUT2D eigenvalue weighted by Gasteiger charge is -2.11. The summed E-state index contributed by atoms with van der Waals surface area (Å²) >= 11 is 0. The van der Waals surface area contributed by atoms with Gasteiger partial charge in [-0.25, -0.2) is 8.78 Å². The van der Waals surface area contributed by atoms with Gasteiger partial charge in [-0.3, -0.25) is 14.5 Å². The van der Waals surface area contributed by atoms with E-state index < -0.39 is 24.8 Å². The Morgan fingerprint density at radius 3 is 2.09 bits per heavy atom. The van der Waals surface area contributed by atoms with E-state index in [4.69, 9.17) is 0 Å². The van der Waals surface area contributed by atoms with Crippen LogP contribution in [0.4, 0.5) is 8.78 Å². The van der Waals surface area contributed by atoms with Gasteiger partial charge in [-0.2, -0.15) is 0 Å². The molecule has 0 saturated carbocycles. The van der Waals surface area contributed by atoms with Gasteiger partial charge in [-0.1, -0.05) is 0 Å². The van der Waals surface area contributed by atoms with E-state index in [1.165, 1.54) is 0 Å². The second-order valence-electron chi connectivity index (χ2n) is 2.01. The van der Waals surface area contributed by atoms with Crippen LogP contribution in [0.3, 0.4) is 0 Å². The van der Waals surface area contributed by atoms with E-state index >= 15 is 0 Å². The molecule has 0 N–H and O–H groups in total. The van der Waals surface area contributed by atoms with E-state index in [0.29, 0.717) is 4.90 Å². The van der Waals surface area contributed by atoms with Gasteiger partial charge in [0.2, 0.25) is 0 Å². The van der Waals surface area contributed by atoms with Crippen LogP contribution in [0.5, 0.6) is 0 Å². The zero-order valence-electron chi connectivity index (χ0n) is 5.46. The molecule has 0 bridgehead atoms. The third kappa shape index (κ3) is 1.60. The number of rotatable bonds is 2. The summed E-state index contributed by atoms with van der Waals surface area (Å²) in [5, 5.41) is 0. The van der Waals surface area contributed by atoms with E-state index in [0.717, 1.165) is 12.2 Å². The van der Waals surface area contributed by atoms with Gasteiger partial charge in [0.25, 0.3) is 18.2 Å². The van der Waals surface area contributed by atoms with Crippen molar-refractivity contribution in [3.63, 3.8) is 0 Å². The minimum atomic E-state index is -2.66. The van der Waals surface area contributed by atoms with E-state index in [9.17, 15) is 18.4 Å². The molecule has 0 aromatic rings. The molecule has 0 fully saturated rings. The summed E-state index contributed by atoms with van der Waals surface area (Å²) in [6.07, 6.45) is -0.710. The first-order chi connectivity index (χ1) is 5.11. The van der Waals surface area contributed by atoms with Crippen LogP contribution >= 0.6 is 0 Å². The van der Waals surface area contributed by atoms with Crippen LogP contribution in [0, 0.1) is 0 Å². The molecule has 0 aliphatic carbocycles. The summed E-state index contributed by atoms with van der Waals surface area (Å²) < 4.78 is 23.3. The van der Waals surface area contributed by atoms with Crippen molar-refractivity contribution in [3.8, 4) is 0 Å². The first-order valence-electron chi connectivity index (χ1n) is 2.93. The molecule has 1 rings (SSSR count). The zero-order valence-corrected chi connectivity index (χ0v) is 5.46. The average Bonchev–Trinajstić information content (AvgIpc) is 2.18. The van der Waals surface area contributed by atoms with Crippen LogP contribution in [0.2, 0.25) is 0 Å². The fourth-order valence-electron chi connectivity index (χ4n) is 0.749. The van der Waals surface area contributed by atoms with E-state index in [1.807, 2.05) is 0 Å². The number of imide groups is 1. The lowest BCUT2D eigenvalue weighted by Crippen LogP contribution is -2.34. The van der Waals surface area contributed by atoms with Crippen LogP contribution in [0.15, 0.2) is 12.2 Å². The minimum absolute atomic E-state index is 0.505. The van der Waals surface area contributed by atoms with Crippen molar-refractivity contribution in [2.75, 3.05) is 6.54 Å². The maximum absolute atomic E-state index is 11.7. The van der Waals surface area contributed by atoms with Crippen LogP contribution in [0.1, 0.15) is 0 Å². The number of hydrogen-bond donors (Lipinski definition) is 0. The standard InChI is InChI=1S/C6H5F2NO2/c7-4(8)3-9-5(10)1-2-6(9)11/h1-2,4H,3H2. The molecule has 0 aromatic carbocycles. The minimum Gasteiger partial charge on any atom is -0.270 e. The van der Waals surface area contributed by atoms with Gasteiger partial charge < -0.3 is 0 Å². The monoisotopic (exact) mass is 161 g/mol. The normalized spacial score (nSPS) is 17.2. The number of nitrogens with zero attached hydrogens (tertiary/aromatic N) is 1. The Bertz CT molecular complexity index is 207. The number of hydrogen-bond acceptors (Lipinski definition) is 2. The van der Waals surface area contributed by atoms with Crippen molar-refractivity contribution in [1.29, 1.82) is 0 Å². The number of carbonyl (C=O) groups excluding carboxylic acids is 2. The quantitative estimate of drug-likeness (QED) is 0.541. The second-order valence-corrected chi connectivity index (χ2v) is 2.01. The highest BCUT2D eigenvalue weighted by Gasteiger charge is 2.25. The van der Waals surface area contributed by atoms with Gasteiger partial charge >= 0.3 is 0 Å². The van der Waals surface area contributed by atoms with Gasteiger partial charge in [0, 0.05) is 12.2 Å². The fraction of sp³-hybridized carbons (Fsp3) is 0.333. The lowest BCUT2D eigenvalue weighted by atomic mass is 10.5. The predicted octanol–water partition coefficient (Wildman–Crippen LogP) is 0.176. The first-order valence-corrected chi connectivity index (χ1v) is 2.93. The molecule has 0 radical (unpaired) electrons. The molecule has 0 atom stereocenters. The first kappa shape index (κ1) is 7.84. The summed E-state index contributed by atoms with van der Waals surface area (Å²) in [6, 6.07) is 0. The summed E-state index contributed by atoms with van der Waals surface area (Å²) in [5.74, 6) is -1.34. The summed E-state index contributed by atoms with van der Waals surface area (Å²) in [4.78, 5) is 21.7. The molecular weight excluding hydrogens is 156 g/mol. The third-order valence-corrected chi connectivity index (χ3v) is 1.22. The molecule has 1 aliphatic heterocycles. The summed E-state index contributed by atoms with van der Waals surface area (Å²) in [7, 11) is 0. The zero-order chi connectivity index (χ0) is 8.43. The van der Waals surface area contributed by atoms with Crippen molar-refractivity contribution in [2.24, 2.45) is 0 Å². The maximum atomic E-state index is 11.7. The van der Waals surface area contributed by atoms with Crippen LogP contribution in [-0.4, -0.2) is 29.7 Å². The number of carbonyl (C=O) groups is 2. The molecule has 1 aliphatic rings.